The first kappa shape index (κ1) is 19.3. The monoisotopic (exact) mass is 353 g/mol. The smallest absolute Gasteiger partial charge is 0.292 e. The Bertz CT molecular complexity index is 589. The number of nitrogens with one attached hydrogen (secondary N) is 2. The van der Waals surface area contributed by atoms with Gasteiger partial charge in [-0.1, -0.05) is 19.0 Å². The maximum absolute atomic E-state index is 12.0. The fraction of sp³-hybridized carbons (Fsp3) is 0.750. The van der Waals surface area contributed by atoms with Gasteiger partial charge in [0, 0.05) is 39.7 Å². The fourth-order valence-corrected chi connectivity index (χ4v) is 3.06. The van der Waals surface area contributed by atoms with E-state index in [0.717, 1.165) is 6.54 Å². The van der Waals surface area contributed by atoms with Gasteiger partial charge in [-0.25, -0.2) is 0 Å². The van der Waals surface area contributed by atoms with Gasteiger partial charge in [0.1, 0.15) is 0 Å². The zero-order valence-corrected chi connectivity index (χ0v) is 15.2. The Morgan fingerprint density at radius 2 is 2.16 bits per heavy atom. The van der Waals surface area contributed by atoms with E-state index >= 15 is 0 Å². The highest BCUT2D eigenvalue weighted by molar-refractivity contribution is 5.89. The third kappa shape index (κ3) is 5.23. The molecular weight excluding hydrogens is 326 g/mol. The minimum Gasteiger partial charge on any atom is -0.384 e. The molecule has 0 spiro atoms. The van der Waals surface area contributed by atoms with E-state index in [1.54, 1.807) is 7.11 Å². The van der Waals surface area contributed by atoms with Gasteiger partial charge in [-0.3, -0.25) is 14.5 Å². The van der Waals surface area contributed by atoms with Crippen LogP contribution >= 0.6 is 0 Å². The molecule has 9 heteroatoms. The minimum absolute atomic E-state index is 0.000886. The molecule has 0 unspecified atom stereocenters. The highest BCUT2D eigenvalue weighted by Gasteiger charge is 2.36. The van der Waals surface area contributed by atoms with Crippen molar-refractivity contribution in [2.24, 2.45) is 11.8 Å². The summed E-state index contributed by atoms with van der Waals surface area (Å²) in [5, 5.41) is 9.24. The Morgan fingerprint density at radius 1 is 1.40 bits per heavy atom. The molecule has 1 aliphatic rings. The van der Waals surface area contributed by atoms with Crippen molar-refractivity contribution in [2.45, 2.75) is 32.9 Å². The number of ether oxygens (including phenoxy) is 1. The maximum atomic E-state index is 12.0. The molecule has 1 aliphatic heterocycles. The summed E-state index contributed by atoms with van der Waals surface area (Å²) in [4.78, 5) is 29.8. The molecule has 25 heavy (non-hydrogen) atoms. The second kappa shape index (κ2) is 8.91. The molecule has 0 saturated carbocycles. The predicted molar refractivity (Wildman–Crippen MR) is 89.7 cm³/mol. The first-order chi connectivity index (χ1) is 11.9. The van der Waals surface area contributed by atoms with Crippen molar-refractivity contribution in [3.05, 3.63) is 11.7 Å². The van der Waals surface area contributed by atoms with Crippen LogP contribution in [0.4, 0.5) is 0 Å². The van der Waals surface area contributed by atoms with Crippen molar-refractivity contribution in [1.82, 2.24) is 25.7 Å². The third-order valence-corrected chi connectivity index (χ3v) is 4.43. The van der Waals surface area contributed by atoms with Crippen molar-refractivity contribution in [3.8, 4) is 0 Å². The minimum atomic E-state index is -0.375. The van der Waals surface area contributed by atoms with Crippen LogP contribution in [0.5, 0.6) is 0 Å². The highest BCUT2D eigenvalue weighted by Crippen LogP contribution is 2.25. The van der Waals surface area contributed by atoms with E-state index in [1.165, 1.54) is 7.05 Å². The lowest BCUT2D eigenvalue weighted by atomic mass is 9.91. The van der Waals surface area contributed by atoms with E-state index in [9.17, 15) is 9.59 Å². The van der Waals surface area contributed by atoms with Gasteiger partial charge in [0.15, 0.2) is 0 Å². The molecule has 9 nitrogen and oxygen atoms in total. The Labute approximate surface area is 147 Å². The average Bonchev–Trinajstić information content (AvgIpc) is 3.19. The third-order valence-electron chi connectivity index (χ3n) is 4.43. The summed E-state index contributed by atoms with van der Waals surface area (Å²) in [5.74, 6) is 0.822. The summed E-state index contributed by atoms with van der Waals surface area (Å²) in [7, 11) is 3.10. The molecule has 1 saturated heterocycles. The number of amides is 2. The largest absolute Gasteiger partial charge is 0.384 e. The van der Waals surface area contributed by atoms with Gasteiger partial charge in [-0.2, -0.15) is 4.98 Å². The van der Waals surface area contributed by atoms with Crippen molar-refractivity contribution in [1.29, 1.82) is 0 Å². The average molecular weight is 353 g/mol. The van der Waals surface area contributed by atoms with Crippen LogP contribution in [0.1, 0.15) is 36.8 Å². The predicted octanol–water partition coefficient (Wildman–Crippen LogP) is 0.0383. The first-order valence-electron chi connectivity index (χ1n) is 8.50. The number of rotatable bonds is 8. The van der Waals surface area contributed by atoms with Crippen molar-refractivity contribution in [3.63, 3.8) is 0 Å². The van der Waals surface area contributed by atoms with E-state index in [1.807, 2.05) is 0 Å². The molecule has 2 N–H and O–H groups in total. The zero-order chi connectivity index (χ0) is 18.4. The van der Waals surface area contributed by atoms with E-state index in [2.05, 4.69) is 39.5 Å². The topological polar surface area (TPSA) is 110 Å². The van der Waals surface area contributed by atoms with E-state index in [4.69, 9.17) is 9.26 Å². The van der Waals surface area contributed by atoms with Gasteiger partial charge in [-0.15, -0.1) is 0 Å². The van der Waals surface area contributed by atoms with Crippen molar-refractivity contribution in [2.75, 3.05) is 33.9 Å². The Morgan fingerprint density at radius 3 is 2.80 bits per heavy atom. The van der Waals surface area contributed by atoms with Gasteiger partial charge in [0.2, 0.25) is 11.8 Å². The number of hydrogen-bond acceptors (Lipinski definition) is 7. The Kier molecular flexibility index (Phi) is 6.89. The number of nitrogens with zero attached hydrogens (tertiary/aromatic N) is 3. The summed E-state index contributed by atoms with van der Waals surface area (Å²) < 4.78 is 10.1. The van der Waals surface area contributed by atoms with Gasteiger partial charge in [0.05, 0.1) is 13.2 Å². The summed E-state index contributed by atoms with van der Waals surface area (Å²) in [6, 6.07) is 0.0747. The molecule has 0 bridgehead atoms. The molecule has 2 rings (SSSR count). The molecule has 2 heterocycles. The lowest BCUT2D eigenvalue weighted by Gasteiger charge is -2.22. The van der Waals surface area contributed by atoms with Crippen LogP contribution in [0.3, 0.4) is 0 Å². The van der Waals surface area contributed by atoms with E-state index < -0.39 is 0 Å². The quantitative estimate of drug-likeness (QED) is 0.679. The summed E-state index contributed by atoms with van der Waals surface area (Å²) >= 11 is 0. The van der Waals surface area contributed by atoms with Crippen LogP contribution < -0.4 is 10.6 Å². The number of hydrogen-bond donors (Lipinski definition) is 2. The van der Waals surface area contributed by atoms with Crippen LogP contribution in [0, 0.1) is 11.8 Å². The molecule has 2 atom stereocenters. The number of carbonyl (C=O) groups is 2. The fourth-order valence-electron chi connectivity index (χ4n) is 3.06. The molecule has 0 aromatic carbocycles. The Hall–Kier alpha value is -2.00. The van der Waals surface area contributed by atoms with Gasteiger partial charge in [-0.05, 0) is 11.8 Å². The Balaban J connectivity index is 1.95. The first-order valence-corrected chi connectivity index (χ1v) is 8.50. The molecular formula is C16H27N5O4. The highest BCUT2D eigenvalue weighted by atomic mass is 16.5. The molecule has 2 amide bonds. The van der Waals surface area contributed by atoms with Crippen LogP contribution in [0.2, 0.25) is 0 Å². The van der Waals surface area contributed by atoms with Crippen molar-refractivity contribution < 1.29 is 18.8 Å². The summed E-state index contributed by atoms with van der Waals surface area (Å²) in [6.07, 6.45) is 0.358. The molecule has 1 aromatic rings. The molecule has 0 radical (unpaired) electrons. The normalized spacial score (nSPS) is 20.8. The van der Waals surface area contributed by atoms with E-state index in [0.29, 0.717) is 43.8 Å². The second-order valence-electron chi connectivity index (χ2n) is 6.61. The van der Waals surface area contributed by atoms with Crippen molar-refractivity contribution >= 4 is 11.8 Å². The second-order valence-corrected chi connectivity index (χ2v) is 6.61. The van der Waals surface area contributed by atoms with Gasteiger partial charge in [0.25, 0.3) is 11.7 Å². The molecule has 0 aliphatic carbocycles. The standard InChI is InChI=1S/C16H27N5O4/c1-10(2)11-7-21(8-12(11)18-13(22)5-6-24-4)9-14-19-15(20-25-14)16(23)17-3/h10-12H,5-9H2,1-4H3,(H,17,23)(H,18,22)/t11-,12+/m0/s1. The lowest BCUT2D eigenvalue weighted by molar-refractivity contribution is -0.122. The van der Waals surface area contributed by atoms with Crippen LogP contribution in [-0.4, -0.2) is 66.8 Å². The lowest BCUT2D eigenvalue weighted by Crippen LogP contribution is -2.42. The summed E-state index contributed by atoms with van der Waals surface area (Å²) in [5.41, 5.74) is 0. The molecule has 140 valence electrons. The summed E-state index contributed by atoms with van der Waals surface area (Å²) in [6.45, 7) is 6.71. The van der Waals surface area contributed by atoms with Gasteiger partial charge >= 0.3 is 0 Å². The molecule has 1 aromatic heterocycles. The van der Waals surface area contributed by atoms with E-state index in [-0.39, 0.29) is 23.7 Å². The number of carbonyl (C=O) groups excluding carboxylic acids is 2. The zero-order valence-electron chi connectivity index (χ0n) is 15.2. The number of likely N-dealkylation sites (tertiary alicyclic amines) is 1. The van der Waals surface area contributed by atoms with Gasteiger partial charge < -0.3 is 19.9 Å². The van der Waals surface area contributed by atoms with Crippen LogP contribution in [0.15, 0.2) is 4.52 Å². The number of methoxy groups -OCH3 is 1. The SMILES string of the molecule is CNC(=O)c1noc(CN2C[C@@H](NC(=O)CCOC)[C@H](C(C)C)C2)n1. The van der Waals surface area contributed by atoms with Crippen LogP contribution in [-0.2, 0) is 16.1 Å². The molecule has 1 fully saturated rings. The number of aromatic nitrogens is 2. The maximum Gasteiger partial charge on any atom is 0.292 e. The van der Waals surface area contributed by atoms with Crippen LogP contribution in [0.25, 0.3) is 0 Å².